The van der Waals surface area contributed by atoms with Gasteiger partial charge >= 0.3 is 0 Å². The smallest absolute Gasteiger partial charge is 0.264 e. The van der Waals surface area contributed by atoms with Gasteiger partial charge in [0.2, 0.25) is 6.10 Å². The monoisotopic (exact) mass is 262 g/mol. The van der Waals surface area contributed by atoms with Crippen LogP contribution in [0.5, 0.6) is 0 Å². The van der Waals surface area contributed by atoms with Crippen molar-refractivity contribution in [2.75, 3.05) is 27.2 Å². The first-order chi connectivity index (χ1) is 9.16. The predicted octanol–water partition coefficient (Wildman–Crippen LogP) is -0.560. The Balaban J connectivity index is 1.82. The second-order valence-corrected chi connectivity index (χ2v) is 4.95. The summed E-state index contributed by atoms with van der Waals surface area (Å²) in [4.78, 5) is 18.4. The Hall–Kier alpha value is -1.88. The van der Waals surface area contributed by atoms with E-state index in [1.54, 1.807) is 0 Å². The van der Waals surface area contributed by atoms with Crippen LogP contribution in [0.3, 0.4) is 0 Å². The maximum atomic E-state index is 11.9. The zero-order valence-corrected chi connectivity index (χ0v) is 11.3. The number of carbonyl (C=O) groups is 1. The van der Waals surface area contributed by atoms with Crippen molar-refractivity contribution in [3.63, 3.8) is 0 Å². The lowest BCUT2D eigenvalue weighted by molar-refractivity contribution is -0.856. The summed E-state index contributed by atoms with van der Waals surface area (Å²) in [5.74, 6) is -0.0871. The van der Waals surface area contributed by atoms with E-state index in [1.165, 1.54) is 4.90 Å². The molecule has 1 aliphatic rings. The summed E-state index contributed by atoms with van der Waals surface area (Å²) in [6.45, 7) is 1.55. The van der Waals surface area contributed by atoms with Gasteiger partial charge in [-0.15, -0.1) is 0 Å². The van der Waals surface area contributed by atoms with E-state index in [0.29, 0.717) is 13.0 Å². The van der Waals surface area contributed by atoms with Gasteiger partial charge in [0.05, 0.1) is 32.9 Å². The highest BCUT2D eigenvalue weighted by molar-refractivity contribution is 6.04. The van der Waals surface area contributed by atoms with E-state index in [9.17, 15) is 4.79 Å². The zero-order chi connectivity index (χ0) is 13.7. The topological polar surface area (TPSA) is 55.1 Å². The Morgan fingerprint density at radius 2 is 2.16 bits per heavy atom. The second-order valence-electron chi connectivity index (χ2n) is 4.95. The van der Waals surface area contributed by atoms with Crippen LogP contribution in [-0.2, 0) is 9.63 Å². The summed E-state index contributed by atoms with van der Waals surface area (Å²) in [6, 6.07) is 9.79. The number of carbonyl (C=O) groups excluding carboxylic acids is 1. The Kier molecular flexibility index (Phi) is 4.52. The van der Waals surface area contributed by atoms with Crippen LogP contribution < -0.4 is 10.2 Å². The van der Waals surface area contributed by atoms with Crippen molar-refractivity contribution >= 4 is 11.6 Å². The summed E-state index contributed by atoms with van der Waals surface area (Å²) in [6.07, 6.45) is 0.0392. The largest absolute Gasteiger partial charge is 0.382 e. The van der Waals surface area contributed by atoms with Crippen molar-refractivity contribution in [3.8, 4) is 0 Å². The van der Waals surface area contributed by atoms with Crippen molar-refractivity contribution in [2.24, 2.45) is 5.16 Å². The lowest BCUT2D eigenvalue weighted by Gasteiger charge is -2.11. The van der Waals surface area contributed by atoms with E-state index in [-0.39, 0.29) is 5.91 Å². The van der Waals surface area contributed by atoms with Crippen LogP contribution in [0.2, 0.25) is 0 Å². The molecule has 5 heteroatoms. The number of nitrogens with zero attached hydrogens (tertiary/aromatic N) is 1. The van der Waals surface area contributed by atoms with Crippen LogP contribution in [0, 0.1) is 0 Å². The minimum absolute atomic E-state index is 0.0871. The van der Waals surface area contributed by atoms with Crippen molar-refractivity contribution in [3.05, 3.63) is 35.9 Å². The molecule has 19 heavy (non-hydrogen) atoms. The van der Waals surface area contributed by atoms with Crippen LogP contribution in [0.1, 0.15) is 12.0 Å². The lowest BCUT2D eigenvalue weighted by atomic mass is 10.0. The number of quaternary nitrogens is 1. The van der Waals surface area contributed by atoms with Crippen LogP contribution in [0.4, 0.5) is 0 Å². The van der Waals surface area contributed by atoms with E-state index >= 15 is 0 Å². The van der Waals surface area contributed by atoms with Gasteiger partial charge in [0.15, 0.2) is 0 Å². The zero-order valence-electron chi connectivity index (χ0n) is 11.3. The third-order valence-electron chi connectivity index (χ3n) is 2.99. The van der Waals surface area contributed by atoms with Gasteiger partial charge in [0.1, 0.15) is 0 Å². The fourth-order valence-corrected chi connectivity index (χ4v) is 1.87. The minimum atomic E-state index is -0.493. The van der Waals surface area contributed by atoms with Crippen molar-refractivity contribution in [2.45, 2.75) is 12.5 Å². The number of nitrogens with one attached hydrogen (secondary N) is 2. The van der Waals surface area contributed by atoms with Crippen molar-refractivity contribution in [1.82, 2.24) is 5.32 Å². The van der Waals surface area contributed by atoms with Crippen LogP contribution in [0.25, 0.3) is 0 Å². The number of hydrogen-bond acceptors (Lipinski definition) is 3. The molecule has 1 amide bonds. The molecule has 0 bridgehead atoms. The fraction of sp³-hybridized carbons (Fsp3) is 0.429. The average molecular weight is 262 g/mol. The molecule has 0 unspecified atom stereocenters. The molecule has 0 aromatic heterocycles. The van der Waals surface area contributed by atoms with E-state index < -0.39 is 6.10 Å². The highest BCUT2D eigenvalue weighted by atomic mass is 16.6. The molecule has 0 saturated heterocycles. The molecule has 1 aromatic carbocycles. The predicted molar refractivity (Wildman–Crippen MR) is 73.2 cm³/mol. The number of hydrogen-bond donors (Lipinski definition) is 2. The standard InChI is InChI=1S/C14H19N3O2/c1-17(2)9-8-15-14(18)13-10-12(16-19-13)11-6-4-3-5-7-11/h3-7,13H,8-10H2,1-2H3,(H,15,18)/p+1/t13-/m1/s1. The van der Waals surface area contributed by atoms with Crippen LogP contribution >= 0.6 is 0 Å². The van der Waals surface area contributed by atoms with Gasteiger partial charge in [-0.3, -0.25) is 4.79 Å². The normalized spacial score (nSPS) is 18.1. The van der Waals surface area contributed by atoms with Gasteiger partial charge in [0, 0.05) is 6.42 Å². The SMILES string of the molecule is C[NH+](C)CCNC(=O)[C@H]1CC(c2ccccc2)=NO1. The van der Waals surface area contributed by atoms with Crippen LogP contribution in [-0.4, -0.2) is 44.9 Å². The number of rotatable bonds is 5. The minimum Gasteiger partial charge on any atom is -0.382 e. The number of likely N-dealkylation sites (N-methyl/N-ethyl adjacent to an activating group) is 1. The van der Waals surface area contributed by atoms with Crippen LogP contribution in [0.15, 0.2) is 35.5 Å². The number of amides is 1. The highest BCUT2D eigenvalue weighted by Crippen LogP contribution is 2.16. The molecule has 1 heterocycles. The summed E-state index contributed by atoms with van der Waals surface area (Å²) < 4.78 is 0. The summed E-state index contributed by atoms with van der Waals surface area (Å²) in [7, 11) is 4.10. The van der Waals surface area contributed by atoms with Gasteiger partial charge in [-0.1, -0.05) is 35.5 Å². The lowest BCUT2D eigenvalue weighted by Crippen LogP contribution is -3.06. The molecular formula is C14H20N3O2+. The molecule has 1 aliphatic heterocycles. The van der Waals surface area contributed by atoms with Gasteiger partial charge in [0.25, 0.3) is 5.91 Å². The van der Waals surface area contributed by atoms with Crippen molar-refractivity contribution in [1.29, 1.82) is 0 Å². The highest BCUT2D eigenvalue weighted by Gasteiger charge is 2.28. The first-order valence-corrected chi connectivity index (χ1v) is 6.51. The molecule has 0 radical (unpaired) electrons. The van der Waals surface area contributed by atoms with E-state index in [4.69, 9.17) is 4.84 Å². The van der Waals surface area contributed by atoms with Gasteiger partial charge in [-0.25, -0.2) is 0 Å². The van der Waals surface area contributed by atoms with E-state index in [2.05, 4.69) is 24.6 Å². The molecule has 2 N–H and O–H groups in total. The molecule has 1 aromatic rings. The number of oxime groups is 1. The van der Waals surface area contributed by atoms with Gasteiger partial charge in [-0.2, -0.15) is 0 Å². The van der Waals surface area contributed by atoms with Crippen molar-refractivity contribution < 1.29 is 14.5 Å². The summed E-state index contributed by atoms with van der Waals surface area (Å²) >= 11 is 0. The van der Waals surface area contributed by atoms with Gasteiger partial charge in [-0.05, 0) is 5.56 Å². The second kappa shape index (κ2) is 6.33. The Labute approximate surface area is 113 Å². The average Bonchev–Trinajstić information content (AvgIpc) is 2.89. The molecule has 5 nitrogen and oxygen atoms in total. The molecule has 0 spiro atoms. The van der Waals surface area contributed by atoms with Gasteiger partial charge < -0.3 is 15.1 Å². The molecule has 0 saturated carbocycles. The maximum absolute atomic E-state index is 11.9. The molecule has 102 valence electrons. The Morgan fingerprint density at radius 3 is 2.84 bits per heavy atom. The molecule has 1 atom stereocenters. The molecule has 0 fully saturated rings. The fourth-order valence-electron chi connectivity index (χ4n) is 1.87. The Morgan fingerprint density at radius 1 is 1.42 bits per heavy atom. The third-order valence-corrected chi connectivity index (χ3v) is 2.99. The molecule has 2 rings (SSSR count). The molecular weight excluding hydrogens is 242 g/mol. The molecule has 0 aliphatic carbocycles. The maximum Gasteiger partial charge on any atom is 0.264 e. The Bertz CT molecular complexity index is 457. The first kappa shape index (κ1) is 13.5. The number of benzene rings is 1. The third kappa shape index (κ3) is 3.79. The van der Waals surface area contributed by atoms with E-state index in [0.717, 1.165) is 17.8 Å². The first-order valence-electron chi connectivity index (χ1n) is 6.51. The summed E-state index contributed by atoms with van der Waals surface area (Å²) in [5, 5.41) is 6.87. The van der Waals surface area contributed by atoms with E-state index in [1.807, 2.05) is 30.3 Å². The quantitative estimate of drug-likeness (QED) is 0.747. The summed E-state index contributed by atoms with van der Waals surface area (Å²) in [5.41, 5.74) is 1.84.